The third kappa shape index (κ3) is 5.66. The Hall–Kier alpha value is -2.17. The number of hydrogen-bond acceptors (Lipinski definition) is 7. The van der Waals surface area contributed by atoms with Crippen LogP contribution in [0.5, 0.6) is 0 Å². The first-order chi connectivity index (χ1) is 13.5. The van der Waals surface area contributed by atoms with Gasteiger partial charge in [0.2, 0.25) is 11.8 Å². The number of hydrogen-bond donors (Lipinski definition) is 2. The van der Waals surface area contributed by atoms with E-state index in [1.807, 2.05) is 0 Å². The molecule has 11 heteroatoms. The summed E-state index contributed by atoms with van der Waals surface area (Å²) < 4.78 is 24.5. The molecule has 0 spiro atoms. The Morgan fingerprint density at radius 2 is 2.18 bits per heavy atom. The van der Waals surface area contributed by atoms with E-state index in [0.717, 1.165) is 37.3 Å². The fraction of sp³-hybridized carbons (Fsp3) is 0.412. The third-order valence-corrected chi connectivity index (χ3v) is 5.05. The number of ether oxygens (including phenoxy) is 1. The van der Waals surface area contributed by atoms with Crippen molar-refractivity contribution in [1.29, 1.82) is 0 Å². The minimum atomic E-state index is -0.721. The first kappa shape index (κ1) is 20.6. The van der Waals surface area contributed by atoms with Gasteiger partial charge in [-0.3, -0.25) is 9.59 Å². The Balaban J connectivity index is 1.42. The molecular formula is C17H18ClFN4O4S. The van der Waals surface area contributed by atoms with Gasteiger partial charge >= 0.3 is 0 Å². The van der Waals surface area contributed by atoms with E-state index in [4.69, 9.17) is 20.8 Å². The van der Waals surface area contributed by atoms with Gasteiger partial charge in [-0.2, -0.15) is 0 Å². The van der Waals surface area contributed by atoms with Gasteiger partial charge in [-0.15, -0.1) is 10.2 Å². The second-order valence-corrected chi connectivity index (χ2v) is 7.30. The first-order valence-electron chi connectivity index (χ1n) is 8.58. The Morgan fingerprint density at radius 3 is 2.93 bits per heavy atom. The SMILES string of the molecule is O=C(CSc1nnc(CNC(=O)c2c(F)cccc2Cl)o1)NC[C@@H]1CCCO1. The number of benzene rings is 1. The lowest BCUT2D eigenvalue weighted by atomic mass is 10.2. The summed E-state index contributed by atoms with van der Waals surface area (Å²) in [4.78, 5) is 23.9. The number of rotatable bonds is 8. The summed E-state index contributed by atoms with van der Waals surface area (Å²) >= 11 is 6.93. The predicted molar refractivity (Wildman–Crippen MR) is 99.6 cm³/mol. The molecule has 0 unspecified atom stereocenters. The van der Waals surface area contributed by atoms with E-state index in [9.17, 15) is 14.0 Å². The predicted octanol–water partition coefficient (Wildman–Crippen LogP) is 2.18. The van der Waals surface area contributed by atoms with E-state index in [1.54, 1.807) is 0 Å². The minimum Gasteiger partial charge on any atom is -0.414 e. The maximum absolute atomic E-state index is 13.7. The summed E-state index contributed by atoms with van der Waals surface area (Å²) in [5.41, 5.74) is -0.249. The third-order valence-electron chi connectivity index (χ3n) is 3.92. The van der Waals surface area contributed by atoms with E-state index in [-0.39, 0.29) is 46.0 Å². The molecule has 8 nitrogen and oxygen atoms in total. The molecule has 150 valence electrons. The van der Waals surface area contributed by atoms with Crippen LogP contribution in [0.1, 0.15) is 29.1 Å². The van der Waals surface area contributed by atoms with Crippen molar-refractivity contribution in [3.63, 3.8) is 0 Å². The van der Waals surface area contributed by atoms with Crippen LogP contribution >= 0.6 is 23.4 Å². The Labute approximate surface area is 169 Å². The van der Waals surface area contributed by atoms with Crippen molar-refractivity contribution in [1.82, 2.24) is 20.8 Å². The molecule has 2 amide bonds. The average molecular weight is 429 g/mol. The second-order valence-electron chi connectivity index (χ2n) is 5.97. The number of amides is 2. The number of nitrogens with zero attached hydrogens (tertiary/aromatic N) is 2. The fourth-order valence-corrected chi connectivity index (χ4v) is 3.40. The van der Waals surface area contributed by atoms with Gasteiger partial charge in [-0.05, 0) is 25.0 Å². The highest BCUT2D eigenvalue weighted by Crippen LogP contribution is 2.19. The maximum atomic E-state index is 13.7. The van der Waals surface area contributed by atoms with E-state index in [1.165, 1.54) is 12.1 Å². The molecule has 1 atom stereocenters. The van der Waals surface area contributed by atoms with Crippen LogP contribution < -0.4 is 10.6 Å². The molecule has 1 aliphatic heterocycles. The molecule has 28 heavy (non-hydrogen) atoms. The number of aromatic nitrogens is 2. The molecule has 0 radical (unpaired) electrons. The number of thioether (sulfide) groups is 1. The fourth-order valence-electron chi connectivity index (χ4n) is 2.54. The van der Waals surface area contributed by atoms with Gasteiger partial charge in [0.15, 0.2) is 0 Å². The molecule has 2 aromatic rings. The highest BCUT2D eigenvalue weighted by Gasteiger charge is 2.18. The van der Waals surface area contributed by atoms with Crippen LogP contribution in [0.4, 0.5) is 4.39 Å². The number of halogens is 2. The highest BCUT2D eigenvalue weighted by atomic mass is 35.5. The first-order valence-corrected chi connectivity index (χ1v) is 9.95. The van der Waals surface area contributed by atoms with Gasteiger partial charge in [-0.1, -0.05) is 29.4 Å². The summed E-state index contributed by atoms with van der Waals surface area (Å²) in [6.07, 6.45) is 2.04. The summed E-state index contributed by atoms with van der Waals surface area (Å²) in [5.74, 6) is -1.33. The van der Waals surface area contributed by atoms with Gasteiger partial charge in [0, 0.05) is 13.2 Å². The molecule has 0 saturated carbocycles. The molecule has 2 N–H and O–H groups in total. The minimum absolute atomic E-state index is 0.00768. The van der Waals surface area contributed by atoms with Gasteiger partial charge in [0.25, 0.3) is 11.1 Å². The van der Waals surface area contributed by atoms with Crippen molar-refractivity contribution in [2.45, 2.75) is 30.7 Å². The van der Waals surface area contributed by atoms with Crippen LogP contribution in [-0.2, 0) is 16.1 Å². The van der Waals surface area contributed by atoms with Crippen LogP contribution in [0.2, 0.25) is 5.02 Å². The Bertz CT molecular complexity index is 824. The normalized spacial score (nSPS) is 16.1. The molecule has 1 aliphatic rings. The average Bonchev–Trinajstić information content (AvgIpc) is 3.34. The highest BCUT2D eigenvalue weighted by molar-refractivity contribution is 7.99. The number of carbonyl (C=O) groups excluding carboxylic acids is 2. The molecular weight excluding hydrogens is 411 g/mol. The standard InChI is InChI=1S/C17H18ClFN4O4S/c18-11-4-1-5-12(19)15(11)16(25)21-8-14-22-23-17(27-14)28-9-13(24)20-7-10-3-2-6-26-10/h1,4-5,10H,2-3,6-9H2,(H,20,24)(H,21,25)/t10-/m0/s1. The zero-order valence-electron chi connectivity index (χ0n) is 14.7. The molecule has 1 aromatic carbocycles. The van der Waals surface area contributed by atoms with Crippen LogP contribution in [0.3, 0.4) is 0 Å². The van der Waals surface area contributed by atoms with Crippen molar-refractivity contribution in [2.75, 3.05) is 18.9 Å². The zero-order valence-corrected chi connectivity index (χ0v) is 16.3. The summed E-state index contributed by atoms with van der Waals surface area (Å²) in [6, 6.07) is 3.98. The Kier molecular flexibility index (Phi) is 7.24. The van der Waals surface area contributed by atoms with Crippen molar-refractivity contribution in [3.05, 3.63) is 40.5 Å². The molecule has 3 rings (SSSR count). The molecule has 0 aliphatic carbocycles. The molecule has 1 saturated heterocycles. The van der Waals surface area contributed by atoms with Crippen molar-refractivity contribution >= 4 is 35.2 Å². The Morgan fingerprint density at radius 1 is 1.32 bits per heavy atom. The molecule has 2 heterocycles. The summed E-state index contributed by atoms with van der Waals surface area (Å²) in [7, 11) is 0. The summed E-state index contributed by atoms with van der Waals surface area (Å²) in [6.45, 7) is 1.13. The number of nitrogens with one attached hydrogen (secondary N) is 2. The van der Waals surface area contributed by atoms with Gasteiger partial charge < -0.3 is 19.8 Å². The quantitative estimate of drug-likeness (QED) is 0.620. The van der Waals surface area contributed by atoms with Crippen molar-refractivity contribution < 1.29 is 23.1 Å². The largest absolute Gasteiger partial charge is 0.414 e. The molecule has 1 fully saturated rings. The lowest BCUT2D eigenvalue weighted by Crippen LogP contribution is -2.32. The van der Waals surface area contributed by atoms with Crippen molar-refractivity contribution in [2.24, 2.45) is 0 Å². The van der Waals surface area contributed by atoms with Crippen molar-refractivity contribution in [3.8, 4) is 0 Å². The van der Waals surface area contributed by atoms with E-state index in [2.05, 4.69) is 20.8 Å². The topological polar surface area (TPSA) is 106 Å². The van der Waals surface area contributed by atoms with E-state index < -0.39 is 11.7 Å². The van der Waals surface area contributed by atoms with Crippen LogP contribution in [0.25, 0.3) is 0 Å². The number of carbonyl (C=O) groups is 2. The smallest absolute Gasteiger partial charge is 0.277 e. The van der Waals surface area contributed by atoms with Crippen LogP contribution in [0.15, 0.2) is 27.8 Å². The second kappa shape index (κ2) is 9.85. The van der Waals surface area contributed by atoms with Gasteiger partial charge in [-0.25, -0.2) is 4.39 Å². The zero-order chi connectivity index (χ0) is 19.9. The monoisotopic (exact) mass is 428 g/mol. The molecule has 0 bridgehead atoms. The summed E-state index contributed by atoms with van der Waals surface area (Å²) in [5, 5.41) is 13.0. The van der Waals surface area contributed by atoms with Crippen LogP contribution in [0, 0.1) is 5.82 Å². The van der Waals surface area contributed by atoms with E-state index >= 15 is 0 Å². The maximum Gasteiger partial charge on any atom is 0.277 e. The molecule has 1 aromatic heterocycles. The lowest BCUT2D eigenvalue weighted by Gasteiger charge is -2.09. The van der Waals surface area contributed by atoms with Gasteiger partial charge in [0.1, 0.15) is 5.82 Å². The lowest BCUT2D eigenvalue weighted by molar-refractivity contribution is -0.119. The van der Waals surface area contributed by atoms with Crippen LogP contribution in [-0.4, -0.2) is 47.0 Å². The van der Waals surface area contributed by atoms with Gasteiger partial charge in [0.05, 0.1) is 29.0 Å². The van der Waals surface area contributed by atoms with E-state index in [0.29, 0.717) is 6.54 Å².